The van der Waals surface area contributed by atoms with Crippen molar-refractivity contribution in [1.29, 1.82) is 5.26 Å². The van der Waals surface area contributed by atoms with Crippen molar-refractivity contribution in [1.82, 2.24) is 14.6 Å². The van der Waals surface area contributed by atoms with Crippen LogP contribution >= 0.6 is 0 Å². The molecule has 1 aliphatic heterocycles. The van der Waals surface area contributed by atoms with Gasteiger partial charge in [-0.1, -0.05) is 0 Å². The minimum Gasteiger partial charge on any atom is -0.493 e. The first-order chi connectivity index (χ1) is 13.1. The van der Waals surface area contributed by atoms with Crippen molar-refractivity contribution in [3.8, 4) is 11.8 Å². The molecule has 1 aliphatic rings. The van der Waals surface area contributed by atoms with Gasteiger partial charge in [-0.2, -0.15) is 10.4 Å². The number of rotatable bonds is 4. The van der Waals surface area contributed by atoms with Gasteiger partial charge in [-0.25, -0.2) is 9.50 Å². The summed E-state index contributed by atoms with van der Waals surface area (Å²) in [5.41, 5.74) is 5.62. The highest BCUT2D eigenvalue weighted by atomic mass is 16.5. The van der Waals surface area contributed by atoms with Crippen LogP contribution < -0.4 is 10.1 Å². The first kappa shape index (κ1) is 17.0. The van der Waals surface area contributed by atoms with E-state index in [1.54, 1.807) is 4.52 Å². The first-order valence-corrected chi connectivity index (χ1v) is 8.86. The highest BCUT2D eigenvalue weighted by Gasteiger charge is 2.16. The fourth-order valence-corrected chi connectivity index (χ4v) is 3.48. The number of hydrogen-bond acceptors (Lipinski definition) is 5. The molecule has 1 aromatic carbocycles. The number of ether oxygens (including phenoxy) is 1. The molecule has 0 radical (unpaired) electrons. The first-order valence-electron chi connectivity index (χ1n) is 8.86. The van der Waals surface area contributed by atoms with E-state index in [4.69, 9.17) is 10.00 Å². The summed E-state index contributed by atoms with van der Waals surface area (Å²) in [5, 5.41) is 16.3. The Bertz CT molecular complexity index is 1090. The quantitative estimate of drug-likeness (QED) is 0.771. The van der Waals surface area contributed by atoms with Crippen LogP contribution in [0.5, 0.6) is 5.75 Å². The van der Waals surface area contributed by atoms with Gasteiger partial charge in [0.05, 0.1) is 12.8 Å². The molecule has 7 heteroatoms. The van der Waals surface area contributed by atoms with Crippen molar-refractivity contribution in [3.05, 3.63) is 52.5 Å². The van der Waals surface area contributed by atoms with Gasteiger partial charge in [0, 0.05) is 29.9 Å². The number of nitrogens with zero attached hydrogens (tertiary/aromatic N) is 4. The molecular formula is C20H19N5O2. The number of fused-ring (bicyclic) bond motifs is 2. The fourth-order valence-electron chi connectivity index (χ4n) is 3.48. The molecule has 0 bridgehead atoms. The van der Waals surface area contributed by atoms with E-state index in [1.807, 2.05) is 32.0 Å². The number of anilines is 1. The highest BCUT2D eigenvalue weighted by Crippen LogP contribution is 2.28. The molecule has 0 fully saturated rings. The van der Waals surface area contributed by atoms with E-state index in [9.17, 15) is 4.79 Å². The molecule has 3 aromatic rings. The zero-order chi connectivity index (χ0) is 19.0. The van der Waals surface area contributed by atoms with Crippen molar-refractivity contribution in [2.75, 3.05) is 11.9 Å². The second-order valence-corrected chi connectivity index (χ2v) is 6.64. The summed E-state index contributed by atoms with van der Waals surface area (Å²) < 4.78 is 7.15. The molecule has 0 aliphatic carbocycles. The van der Waals surface area contributed by atoms with Crippen molar-refractivity contribution in [2.24, 2.45) is 0 Å². The summed E-state index contributed by atoms with van der Waals surface area (Å²) >= 11 is 0. The molecular weight excluding hydrogens is 342 g/mol. The molecule has 0 saturated heterocycles. The Hall–Kier alpha value is -3.40. The van der Waals surface area contributed by atoms with E-state index in [2.05, 4.69) is 21.5 Å². The average molecular weight is 361 g/mol. The maximum Gasteiger partial charge on any atom is 0.224 e. The highest BCUT2D eigenvalue weighted by molar-refractivity contribution is 5.91. The van der Waals surface area contributed by atoms with Crippen LogP contribution in [-0.4, -0.2) is 27.1 Å². The average Bonchev–Trinajstić information content (AvgIpc) is 3.27. The molecule has 3 heterocycles. The van der Waals surface area contributed by atoms with Gasteiger partial charge in [0.25, 0.3) is 0 Å². The third-order valence-electron chi connectivity index (χ3n) is 4.90. The molecule has 7 nitrogen and oxygen atoms in total. The summed E-state index contributed by atoms with van der Waals surface area (Å²) in [5.74, 6) is 0.848. The number of nitriles is 1. The van der Waals surface area contributed by atoms with E-state index in [-0.39, 0.29) is 5.91 Å². The van der Waals surface area contributed by atoms with Crippen molar-refractivity contribution < 1.29 is 9.53 Å². The topological polar surface area (TPSA) is 92.3 Å². The summed E-state index contributed by atoms with van der Waals surface area (Å²) in [7, 11) is 0. The van der Waals surface area contributed by atoms with Crippen LogP contribution in [0.25, 0.3) is 5.65 Å². The summed E-state index contributed by atoms with van der Waals surface area (Å²) in [6, 6.07) is 7.83. The smallest absolute Gasteiger partial charge is 0.224 e. The van der Waals surface area contributed by atoms with Gasteiger partial charge >= 0.3 is 0 Å². The zero-order valence-corrected chi connectivity index (χ0v) is 15.2. The Kier molecular flexibility index (Phi) is 4.24. The van der Waals surface area contributed by atoms with Gasteiger partial charge < -0.3 is 10.1 Å². The van der Waals surface area contributed by atoms with Crippen LogP contribution in [0.1, 0.15) is 34.5 Å². The van der Waals surface area contributed by atoms with Gasteiger partial charge in [0.1, 0.15) is 17.4 Å². The number of hydrogen-bond donors (Lipinski definition) is 1. The van der Waals surface area contributed by atoms with E-state index < -0.39 is 0 Å². The van der Waals surface area contributed by atoms with Gasteiger partial charge in [-0.15, -0.1) is 0 Å². The lowest BCUT2D eigenvalue weighted by Crippen LogP contribution is -2.14. The fraction of sp³-hybridized carbons (Fsp3) is 0.300. The monoisotopic (exact) mass is 361 g/mol. The Labute approximate surface area is 156 Å². The normalized spacial score (nSPS) is 12.5. The standard InChI is InChI=1S/C20H19N5O2/c1-12-17(13(2)25-20(23-12)15(10-21)11-22-25)4-6-19(26)24-16-3-5-18-14(9-16)7-8-27-18/h3,5,9,11H,4,6-8H2,1-2H3,(H,24,26). The minimum absolute atomic E-state index is 0.0501. The third kappa shape index (κ3) is 3.10. The van der Waals surface area contributed by atoms with Crippen molar-refractivity contribution in [2.45, 2.75) is 33.1 Å². The van der Waals surface area contributed by atoms with Gasteiger partial charge in [0.15, 0.2) is 5.65 Å². The van der Waals surface area contributed by atoms with Crippen LogP contribution in [0.4, 0.5) is 5.69 Å². The lowest BCUT2D eigenvalue weighted by molar-refractivity contribution is -0.116. The molecule has 1 amide bonds. The van der Waals surface area contributed by atoms with Crippen LogP contribution in [0.2, 0.25) is 0 Å². The van der Waals surface area contributed by atoms with E-state index >= 15 is 0 Å². The maximum atomic E-state index is 12.4. The van der Waals surface area contributed by atoms with E-state index in [0.717, 1.165) is 40.4 Å². The molecule has 0 unspecified atom stereocenters. The summed E-state index contributed by atoms with van der Waals surface area (Å²) in [4.78, 5) is 16.9. The molecule has 136 valence electrons. The molecule has 1 N–H and O–H groups in total. The van der Waals surface area contributed by atoms with Crippen LogP contribution in [-0.2, 0) is 17.6 Å². The summed E-state index contributed by atoms with van der Waals surface area (Å²) in [6.07, 6.45) is 3.29. The number of aryl methyl sites for hydroxylation is 2. The number of amides is 1. The van der Waals surface area contributed by atoms with Crippen LogP contribution in [0.3, 0.4) is 0 Å². The molecule has 2 aromatic heterocycles. The third-order valence-corrected chi connectivity index (χ3v) is 4.90. The number of benzene rings is 1. The second-order valence-electron chi connectivity index (χ2n) is 6.64. The number of nitrogens with one attached hydrogen (secondary N) is 1. The maximum absolute atomic E-state index is 12.4. The SMILES string of the molecule is Cc1nc2c(C#N)cnn2c(C)c1CCC(=O)Nc1ccc2c(c1)CCO2. The Balaban J connectivity index is 1.48. The van der Waals surface area contributed by atoms with Gasteiger partial charge in [0.2, 0.25) is 5.91 Å². The van der Waals surface area contributed by atoms with Gasteiger partial charge in [-0.05, 0) is 49.6 Å². The minimum atomic E-state index is -0.0501. The van der Waals surface area contributed by atoms with Crippen molar-refractivity contribution >= 4 is 17.2 Å². The van der Waals surface area contributed by atoms with Crippen molar-refractivity contribution in [3.63, 3.8) is 0 Å². The Morgan fingerprint density at radius 1 is 1.41 bits per heavy atom. The lowest BCUT2D eigenvalue weighted by atomic mass is 10.1. The number of aromatic nitrogens is 3. The second kappa shape index (κ2) is 6.72. The van der Waals surface area contributed by atoms with Crippen LogP contribution in [0.15, 0.2) is 24.4 Å². The van der Waals surface area contributed by atoms with E-state index in [1.165, 1.54) is 6.20 Å². The molecule has 4 rings (SSSR count). The molecule has 0 atom stereocenters. The lowest BCUT2D eigenvalue weighted by Gasteiger charge is -2.11. The van der Waals surface area contributed by atoms with Gasteiger partial charge in [-0.3, -0.25) is 4.79 Å². The van der Waals surface area contributed by atoms with E-state index in [0.29, 0.717) is 30.7 Å². The van der Waals surface area contributed by atoms with Crippen LogP contribution in [0, 0.1) is 25.2 Å². The predicted octanol–water partition coefficient (Wildman–Crippen LogP) is 2.72. The molecule has 27 heavy (non-hydrogen) atoms. The summed E-state index contributed by atoms with van der Waals surface area (Å²) in [6.45, 7) is 4.53. The molecule has 0 spiro atoms. The Morgan fingerprint density at radius 3 is 3.07 bits per heavy atom. The number of carbonyl (C=O) groups excluding carboxylic acids is 1. The zero-order valence-electron chi connectivity index (χ0n) is 15.2. The molecule has 0 saturated carbocycles. The largest absolute Gasteiger partial charge is 0.493 e. The Morgan fingerprint density at radius 2 is 2.26 bits per heavy atom. The predicted molar refractivity (Wildman–Crippen MR) is 99.8 cm³/mol. The number of carbonyl (C=O) groups is 1.